The molecule has 1 aliphatic heterocycles. The quantitative estimate of drug-likeness (QED) is 0.870. The van der Waals surface area contributed by atoms with E-state index in [9.17, 15) is 4.79 Å². The smallest absolute Gasteiger partial charge is 0.244 e. The highest BCUT2D eigenvalue weighted by Crippen LogP contribution is 2.14. The fourth-order valence-corrected chi connectivity index (χ4v) is 2.90. The number of carbonyl (C=O) groups is 1. The molecule has 1 atom stereocenters. The first-order chi connectivity index (χ1) is 9.31. The number of hydrogen-bond donors (Lipinski definition) is 1. The first-order valence-electron chi connectivity index (χ1n) is 6.34. The molecule has 3 heterocycles. The van der Waals surface area contributed by atoms with Gasteiger partial charge in [-0.3, -0.25) is 9.48 Å². The Kier molecular flexibility index (Phi) is 3.46. The molecule has 0 spiro atoms. The second-order valence-electron chi connectivity index (χ2n) is 4.59. The summed E-state index contributed by atoms with van der Waals surface area (Å²) in [6.45, 7) is 0.877. The molecule has 19 heavy (non-hydrogen) atoms. The molecule has 0 unspecified atom stereocenters. The summed E-state index contributed by atoms with van der Waals surface area (Å²) in [5.41, 5.74) is 1.19. The Labute approximate surface area is 115 Å². The lowest BCUT2D eigenvalue weighted by Crippen LogP contribution is -2.39. The molecule has 5 heteroatoms. The fraction of sp³-hybridized carbons (Fsp3) is 0.286. The normalized spacial score (nSPS) is 18.4. The second-order valence-corrected chi connectivity index (χ2v) is 5.57. The number of amides is 1. The van der Waals surface area contributed by atoms with Crippen LogP contribution in [0.3, 0.4) is 0 Å². The zero-order chi connectivity index (χ0) is 13.1. The van der Waals surface area contributed by atoms with Gasteiger partial charge in [0.1, 0.15) is 0 Å². The van der Waals surface area contributed by atoms with Crippen LogP contribution in [-0.4, -0.2) is 21.7 Å². The Balaban J connectivity index is 1.56. The molecule has 3 rings (SSSR count). The van der Waals surface area contributed by atoms with E-state index < -0.39 is 0 Å². The number of thiophene rings is 1. The highest BCUT2D eigenvalue weighted by atomic mass is 32.1. The molecule has 0 aromatic carbocycles. The number of hydrogen-bond acceptors (Lipinski definition) is 3. The predicted octanol–water partition coefficient (Wildman–Crippen LogP) is 2.09. The van der Waals surface area contributed by atoms with Crippen LogP contribution in [0.15, 0.2) is 35.9 Å². The molecule has 0 aliphatic carbocycles. The number of aryl methyl sites for hydroxylation is 1. The van der Waals surface area contributed by atoms with E-state index in [-0.39, 0.29) is 11.9 Å². The van der Waals surface area contributed by atoms with Crippen molar-refractivity contribution in [2.24, 2.45) is 0 Å². The maximum Gasteiger partial charge on any atom is 0.244 e. The average molecular weight is 273 g/mol. The standard InChI is InChI=1S/C14H15N3OS/c18-14(4-3-13-2-1-9-19-13)16-11-6-8-17-12(10-11)5-7-15-17/h1-5,7,9,11H,6,8,10H2,(H,16,18)/b4-3+/t11-/m1/s1. The zero-order valence-electron chi connectivity index (χ0n) is 10.5. The van der Waals surface area contributed by atoms with Crippen LogP contribution < -0.4 is 5.32 Å². The minimum atomic E-state index is -0.0219. The minimum absolute atomic E-state index is 0.0219. The van der Waals surface area contributed by atoms with Gasteiger partial charge in [-0.15, -0.1) is 11.3 Å². The summed E-state index contributed by atoms with van der Waals surface area (Å²) in [6, 6.07) is 6.20. The number of carbonyl (C=O) groups excluding carboxylic acids is 1. The maximum atomic E-state index is 11.8. The van der Waals surface area contributed by atoms with Crippen molar-refractivity contribution < 1.29 is 4.79 Å². The molecule has 0 saturated carbocycles. The lowest BCUT2D eigenvalue weighted by molar-refractivity contribution is -0.117. The van der Waals surface area contributed by atoms with Gasteiger partial charge in [0.05, 0.1) is 0 Å². The maximum absolute atomic E-state index is 11.8. The predicted molar refractivity (Wildman–Crippen MR) is 75.8 cm³/mol. The van der Waals surface area contributed by atoms with Crippen LogP contribution in [0.5, 0.6) is 0 Å². The Morgan fingerprint density at radius 1 is 1.53 bits per heavy atom. The van der Waals surface area contributed by atoms with Gasteiger partial charge < -0.3 is 5.32 Å². The Morgan fingerprint density at radius 3 is 3.32 bits per heavy atom. The molecule has 98 valence electrons. The lowest BCUT2D eigenvalue weighted by atomic mass is 10.0. The van der Waals surface area contributed by atoms with Gasteiger partial charge in [-0.1, -0.05) is 6.07 Å². The zero-order valence-corrected chi connectivity index (χ0v) is 11.3. The number of nitrogens with zero attached hydrogens (tertiary/aromatic N) is 2. The van der Waals surface area contributed by atoms with E-state index in [0.29, 0.717) is 0 Å². The van der Waals surface area contributed by atoms with E-state index in [1.54, 1.807) is 17.4 Å². The molecule has 1 N–H and O–H groups in total. The molecular formula is C14H15N3OS. The number of aromatic nitrogens is 2. The van der Waals surface area contributed by atoms with E-state index in [1.807, 2.05) is 40.5 Å². The summed E-state index contributed by atoms with van der Waals surface area (Å²) in [6.07, 6.45) is 7.08. The summed E-state index contributed by atoms with van der Waals surface area (Å²) in [4.78, 5) is 12.9. The molecule has 4 nitrogen and oxygen atoms in total. The fourth-order valence-electron chi connectivity index (χ4n) is 2.28. The van der Waals surface area contributed by atoms with Crippen molar-refractivity contribution in [2.45, 2.75) is 25.4 Å². The molecule has 1 amide bonds. The van der Waals surface area contributed by atoms with Crippen LogP contribution >= 0.6 is 11.3 Å². The molecule has 2 aromatic rings. The summed E-state index contributed by atoms with van der Waals surface area (Å²) in [7, 11) is 0. The van der Waals surface area contributed by atoms with Crippen LogP contribution in [0.1, 0.15) is 17.0 Å². The van der Waals surface area contributed by atoms with Crippen LogP contribution in [0.2, 0.25) is 0 Å². The summed E-state index contributed by atoms with van der Waals surface area (Å²) >= 11 is 1.62. The van der Waals surface area contributed by atoms with Crippen LogP contribution in [-0.2, 0) is 17.8 Å². The second kappa shape index (κ2) is 5.40. The van der Waals surface area contributed by atoms with Crippen molar-refractivity contribution in [2.75, 3.05) is 0 Å². The molecule has 0 fully saturated rings. The van der Waals surface area contributed by atoms with Gasteiger partial charge in [0.25, 0.3) is 0 Å². The van der Waals surface area contributed by atoms with E-state index in [0.717, 1.165) is 24.3 Å². The van der Waals surface area contributed by atoms with Crippen molar-refractivity contribution in [3.8, 4) is 0 Å². The van der Waals surface area contributed by atoms with Gasteiger partial charge in [0.2, 0.25) is 5.91 Å². The topological polar surface area (TPSA) is 46.9 Å². The van der Waals surface area contributed by atoms with Crippen molar-refractivity contribution in [3.63, 3.8) is 0 Å². The first-order valence-corrected chi connectivity index (χ1v) is 7.22. The highest BCUT2D eigenvalue weighted by Gasteiger charge is 2.19. The van der Waals surface area contributed by atoms with Gasteiger partial charge in [-0.25, -0.2) is 0 Å². The van der Waals surface area contributed by atoms with E-state index >= 15 is 0 Å². The molecule has 0 saturated heterocycles. The summed E-state index contributed by atoms with van der Waals surface area (Å²) in [5, 5.41) is 9.28. The largest absolute Gasteiger partial charge is 0.349 e. The third kappa shape index (κ3) is 2.93. The Morgan fingerprint density at radius 2 is 2.47 bits per heavy atom. The number of fused-ring (bicyclic) bond motifs is 1. The van der Waals surface area contributed by atoms with E-state index in [2.05, 4.69) is 10.4 Å². The van der Waals surface area contributed by atoms with Gasteiger partial charge >= 0.3 is 0 Å². The minimum Gasteiger partial charge on any atom is -0.349 e. The van der Waals surface area contributed by atoms with Crippen molar-refractivity contribution in [3.05, 3.63) is 46.4 Å². The van der Waals surface area contributed by atoms with E-state index in [4.69, 9.17) is 0 Å². The molecule has 0 bridgehead atoms. The first kappa shape index (κ1) is 12.2. The summed E-state index contributed by atoms with van der Waals surface area (Å²) in [5.74, 6) is -0.0219. The van der Waals surface area contributed by atoms with Crippen LogP contribution in [0, 0.1) is 0 Å². The molecule has 2 aromatic heterocycles. The number of rotatable bonds is 3. The van der Waals surface area contributed by atoms with Gasteiger partial charge in [0.15, 0.2) is 0 Å². The average Bonchev–Trinajstić information content (AvgIpc) is 3.07. The third-order valence-corrected chi connectivity index (χ3v) is 4.08. The van der Waals surface area contributed by atoms with E-state index in [1.165, 1.54) is 5.69 Å². The monoisotopic (exact) mass is 273 g/mol. The van der Waals surface area contributed by atoms with Gasteiger partial charge in [-0.2, -0.15) is 5.10 Å². The van der Waals surface area contributed by atoms with Crippen molar-refractivity contribution in [1.82, 2.24) is 15.1 Å². The van der Waals surface area contributed by atoms with Gasteiger partial charge in [-0.05, 0) is 30.0 Å². The third-order valence-electron chi connectivity index (χ3n) is 3.24. The van der Waals surface area contributed by atoms with Crippen LogP contribution in [0.4, 0.5) is 0 Å². The lowest BCUT2D eigenvalue weighted by Gasteiger charge is -2.23. The molecule has 0 radical (unpaired) electrons. The SMILES string of the molecule is O=C(/C=C/c1cccs1)N[C@@H]1CCn2nccc2C1. The highest BCUT2D eigenvalue weighted by molar-refractivity contribution is 7.10. The van der Waals surface area contributed by atoms with Crippen LogP contribution in [0.25, 0.3) is 6.08 Å². The van der Waals surface area contributed by atoms with Crippen molar-refractivity contribution in [1.29, 1.82) is 0 Å². The Bertz CT molecular complexity index is 586. The molecular weight excluding hydrogens is 258 g/mol. The Hall–Kier alpha value is -1.88. The molecule has 1 aliphatic rings. The van der Waals surface area contributed by atoms with Gasteiger partial charge in [0, 0.05) is 41.9 Å². The van der Waals surface area contributed by atoms with Crippen molar-refractivity contribution >= 4 is 23.3 Å². The number of nitrogens with one attached hydrogen (secondary N) is 1. The summed E-state index contributed by atoms with van der Waals surface area (Å²) < 4.78 is 2.00.